The van der Waals surface area contributed by atoms with Gasteiger partial charge in [-0.25, -0.2) is 0 Å². The van der Waals surface area contributed by atoms with E-state index in [-0.39, 0.29) is 0 Å². The van der Waals surface area contributed by atoms with Crippen molar-refractivity contribution in [2.45, 2.75) is 31.7 Å². The molecule has 1 heterocycles. The molecule has 18 heavy (non-hydrogen) atoms. The Kier molecular flexibility index (Phi) is 5.43. The van der Waals surface area contributed by atoms with Crippen molar-refractivity contribution in [2.75, 3.05) is 13.2 Å². The van der Waals surface area contributed by atoms with Gasteiger partial charge in [-0.15, -0.1) is 0 Å². The third-order valence-corrected chi connectivity index (χ3v) is 3.85. The summed E-state index contributed by atoms with van der Waals surface area (Å²) in [5.74, 6) is 0.530. The van der Waals surface area contributed by atoms with Crippen molar-refractivity contribution in [2.24, 2.45) is 0 Å². The molecule has 1 aliphatic heterocycles. The van der Waals surface area contributed by atoms with Crippen LogP contribution < -0.4 is 10.1 Å². The molecule has 1 atom stereocenters. The van der Waals surface area contributed by atoms with Crippen LogP contribution in [0.3, 0.4) is 0 Å². The molecule has 0 spiro atoms. The normalized spacial score (nSPS) is 19.2. The lowest BCUT2D eigenvalue weighted by molar-refractivity contribution is 0.299. The topological polar surface area (TPSA) is 21.3 Å². The van der Waals surface area contributed by atoms with Crippen molar-refractivity contribution in [1.29, 1.82) is 0 Å². The Morgan fingerprint density at radius 3 is 2.56 bits per heavy atom. The largest absolute Gasteiger partial charge is 0.490 e. The van der Waals surface area contributed by atoms with Crippen LogP contribution in [0.4, 0.5) is 0 Å². The van der Waals surface area contributed by atoms with Gasteiger partial charge in [-0.1, -0.05) is 34.8 Å². The average molecular weight is 309 g/mol. The van der Waals surface area contributed by atoms with Crippen molar-refractivity contribution in [3.05, 3.63) is 27.2 Å². The quantitative estimate of drug-likeness (QED) is 0.805. The van der Waals surface area contributed by atoms with E-state index in [1.807, 2.05) is 0 Å². The van der Waals surface area contributed by atoms with Crippen molar-refractivity contribution >= 4 is 34.8 Å². The summed E-state index contributed by atoms with van der Waals surface area (Å²) in [4.78, 5) is 0. The second kappa shape index (κ2) is 6.85. The van der Waals surface area contributed by atoms with E-state index in [0.717, 1.165) is 19.4 Å². The van der Waals surface area contributed by atoms with Crippen LogP contribution in [0, 0.1) is 0 Å². The molecule has 0 radical (unpaired) electrons. The van der Waals surface area contributed by atoms with Gasteiger partial charge in [0.05, 0.1) is 16.7 Å². The summed E-state index contributed by atoms with van der Waals surface area (Å²) in [6.45, 7) is 1.76. The fraction of sp³-hybridized carbons (Fsp3) is 0.538. The average Bonchev–Trinajstić information content (AvgIpc) is 2.79. The molecule has 2 nitrogen and oxygen atoms in total. The van der Waals surface area contributed by atoms with E-state index in [1.54, 1.807) is 12.1 Å². The highest BCUT2D eigenvalue weighted by Crippen LogP contribution is 2.35. The number of hydrogen-bond donors (Lipinski definition) is 1. The molecule has 0 amide bonds. The van der Waals surface area contributed by atoms with Crippen LogP contribution in [-0.4, -0.2) is 19.2 Å². The van der Waals surface area contributed by atoms with Crippen molar-refractivity contribution in [1.82, 2.24) is 5.32 Å². The molecule has 1 unspecified atom stereocenters. The Labute approximate surface area is 123 Å². The smallest absolute Gasteiger partial charge is 0.156 e. The van der Waals surface area contributed by atoms with E-state index < -0.39 is 0 Å². The highest BCUT2D eigenvalue weighted by Gasteiger charge is 2.14. The molecule has 1 aliphatic rings. The van der Waals surface area contributed by atoms with Crippen LogP contribution in [-0.2, 0) is 0 Å². The Morgan fingerprint density at radius 2 is 1.94 bits per heavy atom. The first kappa shape index (κ1) is 14.3. The molecule has 0 saturated carbocycles. The fourth-order valence-corrected chi connectivity index (χ4v) is 3.10. The molecule has 0 aliphatic carbocycles. The van der Waals surface area contributed by atoms with Gasteiger partial charge < -0.3 is 10.1 Å². The molecule has 1 N–H and O–H groups in total. The Balaban J connectivity index is 1.79. The van der Waals surface area contributed by atoms with Gasteiger partial charge in [0.15, 0.2) is 5.75 Å². The second-order valence-electron chi connectivity index (χ2n) is 4.48. The lowest BCUT2D eigenvalue weighted by atomic mass is 10.1. The minimum atomic E-state index is 0.464. The van der Waals surface area contributed by atoms with E-state index >= 15 is 0 Å². The Morgan fingerprint density at radius 1 is 1.22 bits per heavy atom. The third-order valence-electron chi connectivity index (χ3n) is 3.07. The van der Waals surface area contributed by atoms with Gasteiger partial charge >= 0.3 is 0 Å². The van der Waals surface area contributed by atoms with Crippen LogP contribution in [0.5, 0.6) is 5.75 Å². The molecule has 1 saturated heterocycles. The Hall–Kier alpha value is -0.150. The van der Waals surface area contributed by atoms with Crippen molar-refractivity contribution in [3.63, 3.8) is 0 Å². The number of halogens is 3. The summed E-state index contributed by atoms with van der Waals surface area (Å²) in [7, 11) is 0. The minimum absolute atomic E-state index is 0.464. The lowest BCUT2D eigenvalue weighted by Crippen LogP contribution is -2.21. The van der Waals surface area contributed by atoms with E-state index in [2.05, 4.69) is 5.32 Å². The van der Waals surface area contributed by atoms with Gasteiger partial charge in [0, 0.05) is 11.1 Å². The highest BCUT2D eigenvalue weighted by atomic mass is 35.5. The highest BCUT2D eigenvalue weighted by molar-refractivity contribution is 6.40. The first-order chi connectivity index (χ1) is 8.66. The molecule has 1 aromatic carbocycles. The number of hydrogen-bond acceptors (Lipinski definition) is 2. The predicted octanol–water partition coefficient (Wildman–Crippen LogP) is 4.56. The molecule has 5 heteroatoms. The first-order valence-electron chi connectivity index (χ1n) is 6.17. The number of ether oxygens (including phenoxy) is 1. The molecule has 100 valence electrons. The minimum Gasteiger partial charge on any atom is -0.490 e. The molecule has 1 fully saturated rings. The van der Waals surface area contributed by atoms with Crippen LogP contribution in [0.2, 0.25) is 15.1 Å². The van der Waals surface area contributed by atoms with Gasteiger partial charge in [-0.05, 0) is 44.4 Å². The molecule has 2 rings (SSSR count). The lowest BCUT2D eigenvalue weighted by Gasteiger charge is -2.12. The fourth-order valence-electron chi connectivity index (χ4n) is 2.17. The van der Waals surface area contributed by atoms with Crippen LogP contribution in [0.15, 0.2) is 12.1 Å². The second-order valence-corrected chi connectivity index (χ2v) is 5.73. The van der Waals surface area contributed by atoms with E-state index in [1.165, 1.54) is 12.8 Å². The summed E-state index contributed by atoms with van der Waals surface area (Å²) in [5, 5.41) is 4.91. The number of rotatable bonds is 5. The summed E-state index contributed by atoms with van der Waals surface area (Å²) >= 11 is 17.9. The van der Waals surface area contributed by atoms with Gasteiger partial charge in [0.1, 0.15) is 0 Å². The summed E-state index contributed by atoms with van der Waals surface area (Å²) in [6.07, 6.45) is 4.67. The van der Waals surface area contributed by atoms with E-state index in [9.17, 15) is 0 Å². The zero-order valence-electron chi connectivity index (χ0n) is 10.0. The molecule has 0 aromatic heterocycles. The predicted molar refractivity (Wildman–Crippen MR) is 77.2 cm³/mol. The number of nitrogens with one attached hydrogen (secondary N) is 1. The molecule has 1 aromatic rings. The van der Waals surface area contributed by atoms with Gasteiger partial charge in [-0.2, -0.15) is 0 Å². The summed E-state index contributed by atoms with van der Waals surface area (Å²) < 4.78 is 5.63. The number of benzene rings is 1. The molecular weight excluding hydrogens is 293 g/mol. The van der Waals surface area contributed by atoms with Gasteiger partial charge in [-0.3, -0.25) is 0 Å². The summed E-state index contributed by atoms with van der Waals surface area (Å²) in [6, 6.07) is 3.93. The van der Waals surface area contributed by atoms with Crippen molar-refractivity contribution in [3.8, 4) is 5.75 Å². The van der Waals surface area contributed by atoms with Gasteiger partial charge in [0.2, 0.25) is 0 Å². The third kappa shape index (κ3) is 3.92. The van der Waals surface area contributed by atoms with Crippen LogP contribution in [0.1, 0.15) is 25.7 Å². The summed E-state index contributed by atoms with van der Waals surface area (Å²) in [5.41, 5.74) is 0. The SMILES string of the molecule is Clc1cc(Cl)c(OCCCC2CCCN2)c(Cl)c1. The maximum Gasteiger partial charge on any atom is 0.156 e. The van der Waals surface area contributed by atoms with E-state index in [4.69, 9.17) is 39.5 Å². The van der Waals surface area contributed by atoms with Crippen LogP contribution >= 0.6 is 34.8 Å². The maximum absolute atomic E-state index is 6.03. The standard InChI is InChI=1S/C13H16Cl3NO/c14-9-7-11(15)13(12(16)8-9)18-6-2-4-10-3-1-5-17-10/h7-8,10,17H,1-6H2. The van der Waals surface area contributed by atoms with Crippen LogP contribution in [0.25, 0.3) is 0 Å². The van der Waals surface area contributed by atoms with Gasteiger partial charge in [0.25, 0.3) is 0 Å². The monoisotopic (exact) mass is 307 g/mol. The first-order valence-corrected chi connectivity index (χ1v) is 7.31. The van der Waals surface area contributed by atoms with Crippen molar-refractivity contribution < 1.29 is 4.74 Å². The Bertz CT molecular complexity index is 382. The molecule has 0 bridgehead atoms. The maximum atomic E-state index is 6.03. The van der Waals surface area contributed by atoms with E-state index in [0.29, 0.717) is 33.5 Å². The molecular formula is C13H16Cl3NO. The zero-order chi connectivity index (χ0) is 13.0. The zero-order valence-corrected chi connectivity index (χ0v) is 12.3.